The standard InChI is InChI=1S/C11H12BrN5O/c1-2-5-17-7-8(12)6-9(17)10(18)15-11-13-3-4-14-16-11/h3-4,6-7H,2,5H2,1H3,(H,13,15,16,18). The van der Waals surface area contributed by atoms with E-state index in [9.17, 15) is 4.79 Å². The van der Waals surface area contributed by atoms with E-state index in [4.69, 9.17) is 0 Å². The molecule has 2 aromatic heterocycles. The van der Waals surface area contributed by atoms with Crippen LogP contribution in [0.5, 0.6) is 0 Å². The van der Waals surface area contributed by atoms with Crippen molar-refractivity contribution in [1.82, 2.24) is 19.7 Å². The van der Waals surface area contributed by atoms with E-state index in [2.05, 4.69) is 43.4 Å². The molecule has 0 aliphatic heterocycles. The van der Waals surface area contributed by atoms with Crippen molar-refractivity contribution in [2.75, 3.05) is 5.32 Å². The van der Waals surface area contributed by atoms with E-state index in [-0.39, 0.29) is 11.9 Å². The Hall–Kier alpha value is -1.76. The molecular formula is C11H12BrN5O. The molecule has 1 amide bonds. The molecule has 0 unspecified atom stereocenters. The zero-order valence-electron chi connectivity index (χ0n) is 9.80. The minimum atomic E-state index is -0.248. The summed E-state index contributed by atoms with van der Waals surface area (Å²) in [6.07, 6.45) is 5.75. The number of nitrogens with zero attached hydrogens (tertiary/aromatic N) is 4. The topological polar surface area (TPSA) is 72.7 Å². The van der Waals surface area contributed by atoms with Crippen LogP contribution in [-0.2, 0) is 6.54 Å². The second kappa shape index (κ2) is 5.72. The fourth-order valence-electron chi connectivity index (χ4n) is 1.56. The van der Waals surface area contributed by atoms with Gasteiger partial charge in [-0.1, -0.05) is 6.92 Å². The Morgan fingerprint density at radius 3 is 3.00 bits per heavy atom. The molecule has 6 nitrogen and oxygen atoms in total. The molecule has 0 bridgehead atoms. The van der Waals surface area contributed by atoms with E-state index in [0.717, 1.165) is 17.4 Å². The number of anilines is 1. The predicted molar refractivity (Wildman–Crippen MR) is 70.2 cm³/mol. The summed E-state index contributed by atoms with van der Waals surface area (Å²) in [5, 5.41) is 9.97. The molecule has 1 N–H and O–H groups in total. The second-order valence-electron chi connectivity index (χ2n) is 3.66. The van der Waals surface area contributed by atoms with Crippen molar-refractivity contribution in [3.05, 3.63) is 34.8 Å². The summed E-state index contributed by atoms with van der Waals surface area (Å²) in [4.78, 5) is 16.0. The van der Waals surface area contributed by atoms with Gasteiger partial charge in [-0.2, -0.15) is 5.10 Å². The van der Waals surface area contributed by atoms with Crippen LogP contribution in [0, 0.1) is 0 Å². The number of amides is 1. The van der Waals surface area contributed by atoms with Gasteiger partial charge in [0.2, 0.25) is 5.95 Å². The van der Waals surface area contributed by atoms with Gasteiger partial charge in [0.25, 0.3) is 5.91 Å². The Morgan fingerprint density at radius 1 is 1.50 bits per heavy atom. The molecule has 18 heavy (non-hydrogen) atoms. The van der Waals surface area contributed by atoms with Gasteiger partial charge in [-0.3, -0.25) is 10.1 Å². The van der Waals surface area contributed by atoms with Gasteiger partial charge in [-0.05, 0) is 28.4 Å². The first-order chi connectivity index (χ1) is 8.70. The molecule has 7 heteroatoms. The number of hydrogen-bond donors (Lipinski definition) is 1. The Kier molecular flexibility index (Phi) is 4.03. The summed E-state index contributed by atoms with van der Waals surface area (Å²) in [6.45, 7) is 2.84. The van der Waals surface area contributed by atoms with Crippen LogP contribution < -0.4 is 5.32 Å². The minimum Gasteiger partial charge on any atom is -0.342 e. The van der Waals surface area contributed by atoms with Gasteiger partial charge in [0.1, 0.15) is 5.69 Å². The largest absolute Gasteiger partial charge is 0.342 e. The van der Waals surface area contributed by atoms with Crippen LogP contribution in [0.15, 0.2) is 29.1 Å². The normalized spacial score (nSPS) is 10.3. The molecular weight excluding hydrogens is 298 g/mol. The van der Waals surface area contributed by atoms with Crippen molar-refractivity contribution in [3.8, 4) is 0 Å². The number of aryl methyl sites for hydroxylation is 1. The van der Waals surface area contributed by atoms with E-state index in [0.29, 0.717) is 5.69 Å². The average Bonchev–Trinajstić information content (AvgIpc) is 2.72. The van der Waals surface area contributed by atoms with Crippen LogP contribution >= 0.6 is 15.9 Å². The summed E-state index contributed by atoms with van der Waals surface area (Å²) in [5.41, 5.74) is 0.566. The molecule has 0 saturated heterocycles. The summed E-state index contributed by atoms with van der Waals surface area (Å²) in [5.74, 6) is -0.0509. The maximum Gasteiger partial charge on any atom is 0.274 e. The highest BCUT2D eigenvalue weighted by Crippen LogP contribution is 2.16. The van der Waals surface area contributed by atoms with Crippen LogP contribution in [0.2, 0.25) is 0 Å². The molecule has 2 aromatic rings. The lowest BCUT2D eigenvalue weighted by Crippen LogP contribution is -2.18. The Morgan fingerprint density at radius 2 is 2.33 bits per heavy atom. The second-order valence-corrected chi connectivity index (χ2v) is 4.57. The van der Waals surface area contributed by atoms with Gasteiger partial charge < -0.3 is 4.57 Å². The van der Waals surface area contributed by atoms with Crippen molar-refractivity contribution < 1.29 is 4.79 Å². The zero-order valence-corrected chi connectivity index (χ0v) is 11.4. The van der Waals surface area contributed by atoms with Crippen LogP contribution in [0.4, 0.5) is 5.95 Å². The van der Waals surface area contributed by atoms with Gasteiger partial charge in [0.15, 0.2) is 0 Å². The molecule has 2 rings (SSSR count). The Balaban J connectivity index is 2.18. The number of rotatable bonds is 4. The zero-order chi connectivity index (χ0) is 13.0. The highest BCUT2D eigenvalue weighted by atomic mass is 79.9. The lowest BCUT2D eigenvalue weighted by atomic mass is 10.4. The first-order valence-corrected chi connectivity index (χ1v) is 6.30. The smallest absolute Gasteiger partial charge is 0.274 e. The maximum absolute atomic E-state index is 12.1. The highest BCUT2D eigenvalue weighted by Gasteiger charge is 2.13. The molecule has 2 heterocycles. The molecule has 0 fully saturated rings. The summed E-state index contributed by atoms with van der Waals surface area (Å²) >= 11 is 3.36. The van der Waals surface area contributed by atoms with Crippen molar-refractivity contribution in [2.45, 2.75) is 19.9 Å². The van der Waals surface area contributed by atoms with E-state index in [1.807, 2.05) is 10.8 Å². The highest BCUT2D eigenvalue weighted by molar-refractivity contribution is 9.10. The lowest BCUT2D eigenvalue weighted by molar-refractivity contribution is 0.101. The van der Waals surface area contributed by atoms with Crippen molar-refractivity contribution in [1.29, 1.82) is 0 Å². The molecule has 0 atom stereocenters. The fourth-order valence-corrected chi connectivity index (χ4v) is 2.03. The summed E-state index contributed by atoms with van der Waals surface area (Å²) in [6, 6.07) is 1.77. The average molecular weight is 310 g/mol. The number of aromatic nitrogens is 4. The summed E-state index contributed by atoms with van der Waals surface area (Å²) < 4.78 is 2.75. The third kappa shape index (κ3) is 2.92. The number of nitrogens with one attached hydrogen (secondary N) is 1. The van der Waals surface area contributed by atoms with Crippen LogP contribution in [0.25, 0.3) is 0 Å². The van der Waals surface area contributed by atoms with Crippen molar-refractivity contribution in [2.24, 2.45) is 0 Å². The minimum absolute atomic E-state index is 0.197. The maximum atomic E-state index is 12.1. The van der Waals surface area contributed by atoms with E-state index < -0.39 is 0 Å². The monoisotopic (exact) mass is 309 g/mol. The molecule has 94 valence electrons. The van der Waals surface area contributed by atoms with E-state index >= 15 is 0 Å². The SMILES string of the molecule is CCCn1cc(Br)cc1C(=O)Nc1nccnn1. The van der Waals surface area contributed by atoms with Gasteiger partial charge >= 0.3 is 0 Å². The van der Waals surface area contributed by atoms with Crippen molar-refractivity contribution >= 4 is 27.8 Å². The third-order valence-electron chi connectivity index (χ3n) is 2.27. The molecule has 0 aromatic carbocycles. The first kappa shape index (κ1) is 12.7. The van der Waals surface area contributed by atoms with Crippen LogP contribution in [0.1, 0.15) is 23.8 Å². The number of hydrogen-bond acceptors (Lipinski definition) is 4. The van der Waals surface area contributed by atoms with Crippen molar-refractivity contribution in [3.63, 3.8) is 0 Å². The lowest BCUT2D eigenvalue weighted by Gasteiger charge is -2.06. The third-order valence-corrected chi connectivity index (χ3v) is 2.70. The molecule has 0 aliphatic carbocycles. The van der Waals surface area contributed by atoms with Gasteiger partial charge in [-0.25, -0.2) is 4.98 Å². The van der Waals surface area contributed by atoms with Gasteiger partial charge in [-0.15, -0.1) is 5.10 Å². The van der Waals surface area contributed by atoms with E-state index in [1.165, 1.54) is 12.4 Å². The number of carbonyl (C=O) groups excluding carboxylic acids is 1. The number of halogens is 1. The Labute approximate surface area is 113 Å². The molecule has 0 radical (unpaired) electrons. The summed E-state index contributed by atoms with van der Waals surface area (Å²) in [7, 11) is 0. The fraction of sp³-hybridized carbons (Fsp3) is 0.273. The quantitative estimate of drug-likeness (QED) is 0.938. The van der Waals surface area contributed by atoms with E-state index in [1.54, 1.807) is 6.07 Å². The van der Waals surface area contributed by atoms with Gasteiger partial charge in [0, 0.05) is 17.2 Å². The molecule has 0 aliphatic rings. The number of carbonyl (C=O) groups is 1. The Bertz CT molecular complexity index is 540. The van der Waals surface area contributed by atoms with Gasteiger partial charge in [0.05, 0.1) is 12.4 Å². The predicted octanol–water partition coefficient (Wildman–Crippen LogP) is 2.10. The molecule has 0 saturated carbocycles. The van der Waals surface area contributed by atoms with Crippen LogP contribution in [-0.4, -0.2) is 25.7 Å². The van der Waals surface area contributed by atoms with Crippen LogP contribution in [0.3, 0.4) is 0 Å². The first-order valence-electron chi connectivity index (χ1n) is 5.51. The molecule has 0 spiro atoms.